The zero-order valence-electron chi connectivity index (χ0n) is 15.7. The third kappa shape index (κ3) is 4.46. The number of amides is 1. The van der Waals surface area contributed by atoms with Gasteiger partial charge in [0.15, 0.2) is 0 Å². The number of sulfonamides is 1. The molecule has 1 N–H and O–H groups in total. The monoisotopic (exact) mass is 434 g/mol. The van der Waals surface area contributed by atoms with Gasteiger partial charge in [-0.15, -0.1) is 0 Å². The first-order valence-electron chi connectivity index (χ1n) is 8.72. The number of alkyl halides is 3. The molecule has 0 bridgehead atoms. The molecule has 0 fully saturated rings. The summed E-state index contributed by atoms with van der Waals surface area (Å²) in [6.45, 7) is 0. The average Bonchev–Trinajstić information content (AvgIpc) is 2.73. The molecular weight excluding hydrogens is 417 g/mol. The number of nitrogens with one attached hydrogen (secondary N) is 1. The van der Waals surface area contributed by atoms with Crippen LogP contribution in [0.1, 0.15) is 15.9 Å². The highest BCUT2D eigenvalue weighted by atomic mass is 32.2. The van der Waals surface area contributed by atoms with Gasteiger partial charge in [0.05, 0.1) is 21.7 Å². The third-order valence-corrected chi connectivity index (χ3v) is 6.15. The van der Waals surface area contributed by atoms with Crippen molar-refractivity contribution in [1.29, 1.82) is 0 Å². The molecule has 30 heavy (non-hydrogen) atoms. The van der Waals surface area contributed by atoms with E-state index < -0.39 is 27.7 Å². The lowest BCUT2D eigenvalue weighted by molar-refractivity contribution is -0.137. The smallest absolute Gasteiger partial charge is 0.322 e. The lowest BCUT2D eigenvalue weighted by atomic mass is 10.1. The Morgan fingerprint density at radius 1 is 0.867 bits per heavy atom. The molecule has 1 amide bonds. The summed E-state index contributed by atoms with van der Waals surface area (Å²) in [5, 5.41) is 2.50. The van der Waals surface area contributed by atoms with Gasteiger partial charge in [-0.25, -0.2) is 8.42 Å². The second-order valence-corrected chi connectivity index (χ2v) is 8.30. The zero-order chi connectivity index (χ0) is 21.9. The van der Waals surface area contributed by atoms with Crippen molar-refractivity contribution in [3.8, 4) is 0 Å². The van der Waals surface area contributed by atoms with Crippen LogP contribution in [0.15, 0.2) is 83.8 Å². The van der Waals surface area contributed by atoms with Gasteiger partial charge in [0.25, 0.3) is 15.9 Å². The van der Waals surface area contributed by atoms with E-state index in [0.717, 1.165) is 28.6 Å². The molecule has 0 aliphatic carbocycles. The molecular formula is C21H17F3N2O3S. The first-order valence-corrected chi connectivity index (χ1v) is 10.2. The van der Waals surface area contributed by atoms with E-state index in [-0.39, 0.29) is 21.8 Å². The molecule has 0 saturated carbocycles. The highest BCUT2D eigenvalue weighted by Gasteiger charge is 2.30. The number of para-hydroxylation sites is 1. The molecule has 0 aromatic heterocycles. The second-order valence-electron chi connectivity index (χ2n) is 6.33. The molecule has 9 heteroatoms. The fourth-order valence-corrected chi connectivity index (χ4v) is 4.00. The quantitative estimate of drug-likeness (QED) is 0.628. The molecule has 0 unspecified atom stereocenters. The normalized spacial score (nSPS) is 11.7. The van der Waals surface area contributed by atoms with Crippen LogP contribution in [0.2, 0.25) is 0 Å². The summed E-state index contributed by atoms with van der Waals surface area (Å²) in [6.07, 6.45) is -4.48. The van der Waals surface area contributed by atoms with Crippen molar-refractivity contribution in [2.24, 2.45) is 0 Å². The minimum Gasteiger partial charge on any atom is -0.322 e. The Hall–Kier alpha value is -3.33. The number of hydrogen-bond acceptors (Lipinski definition) is 3. The van der Waals surface area contributed by atoms with Crippen LogP contribution in [-0.2, 0) is 16.2 Å². The van der Waals surface area contributed by atoms with Gasteiger partial charge >= 0.3 is 6.18 Å². The van der Waals surface area contributed by atoms with Crippen molar-refractivity contribution in [3.05, 3.63) is 90.0 Å². The maximum absolute atomic E-state index is 12.9. The predicted molar refractivity (Wildman–Crippen MR) is 108 cm³/mol. The molecule has 0 atom stereocenters. The van der Waals surface area contributed by atoms with Gasteiger partial charge in [-0.3, -0.25) is 9.10 Å². The van der Waals surface area contributed by atoms with E-state index in [9.17, 15) is 26.4 Å². The first kappa shape index (κ1) is 21.4. The fraction of sp³-hybridized carbons (Fsp3) is 0.0952. The number of rotatable bonds is 5. The van der Waals surface area contributed by atoms with Crippen LogP contribution in [0.5, 0.6) is 0 Å². The lowest BCUT2D eigenvalue weighted by Gasteiger charge is -2.22. The SMILES string of the molecule is CN(c1ccccc1C(=O)Nc1ccc(C(F)(F)F)cc1)S(=O)(=O)c1ccccc1. The molecule has 0 aliphatic rings. The van der Waals surface area contributed by atoms with E-state index in [0.29, 0.717) is 0 Å². The van der Waals surface area contributed by atoms with Gasteiger partial charge in [-0.1, -0.05) is 30.3 Å². The molecule has 3 rings (SSSR count). The van der Waals surface area contributed by atoms with Gasteiger partial charge in [-0.2, -0.15) is 13.2 Å². The van der Waals surface area contributed by atoms with Crippen LogP contribution in [0.25, 0.3) is 0 Å². The lowest BCUT2D eigenvalue weighted by Crippen LogP contribution is -2.29. The number of hydrogen-bond donors (Lipinski definition) is 1. The summed E-state index contributed by atoms with van der Waals surface area (Å²) in [6, 6.07) is 17.8. The van der Waals surface area contributed by atoms with Crippen molar-refractivity contribution >= 4 is 27.3 Å². The minimum absolute atomic E-state index is 0.0550. The number of anilines is 2. The van der Waals surface area contributed by atoms with Crippen LogP contribution in [0.4, 0.5) is 24.5 Å². The Bertz CT molecular complexity index is 1150. The molecule has 3 aromatic carbocycles. The predicted octanol–water partition coefficient (Wildman–Crippen LogP) is 4.78. The van der Waals surface area contributed by atoms with Gasteiger partial charge in [0.1, 0.15) is 0 Å². The summed E-state index contributed by atoms with van der Waals surface area (Å²) in [5.41, 5.74) is -0.504. The van der Waals surface area contributed by atoms with E-state index in [1.165, 1.54) is 31.3 Å². The number of carbonyl (C=O) groups is 1. The van der Waals surface area contributed by atoms with Crippen molar-refractivity contribution in [2.75, 3.05) is 16.7 Å². The van der Waals surface area contributed by atoms with Crippen molar-refractivity contribution in [3.63, 3.8) is 0 Å². The van der Waals surface area contributed by atoms with Crippen LogP contribution < -0.4 is 9.62 Å². The third-order valence-electron chi connectivity index (χ3n) is 4.36. The number of nitrogens with zero attached hydrogens (tertiary/aromatic N) is 1. The van der Waals surface area contributed by atoms with E-state index in [1.807, 2.05) is 0 Å². The maximum Gasteiger partial charge on any atom is 0.416 e. The Morgan fingerprint density at radius 3 is 2.03 bits per heavy atom. The van der Waals surface area contributed by atoms with Gasteiger partial charge in [0.2, 0.25) is 0 Å². The van der Waals surface area contributed by atoms with Crippen LogP contribution in [0, 0.1) is 0 Å². The Kier molecular flexibility index (Phi) is 5.84. The summed E-state index contributed by atoms with van der Waals surface area (Å²) in [7, 11) is -2.59. The second kappa shape index (κ2) is 8.19. The minimum atomic E-state index is -4.48. The maximum atomic E-state index is 12.9. The van der Waals surface area contributed by atoms with E-state index in [2.05, 4.69) is 5.32 Å². The Balaban J connectivity index is 1.89. The van der Waals surface area contributed by atoms with Crippen LogP contribution in [-0.4, -0.2) is 21.4 Å². The number of carbonyl (C=O) groups excluding carboxylic acids is 1. The largest absolute Gasteiger partial charge is 0.416 e. The fourth-order valence-electron chi connectivity index (χ4n) is 2.76. The standard InChI is InChI=1S/C21H17F3N2O3S/c1-26(30(28,29)17-7-3-2-4-8-17)19-10-6-5-9-18(19)20(27)25-16-13-11-15(12-14-16)21(22,23)24/h2-14H,1H3,(H,25,27). The number of halogens is 3. The molecule has 0 saturated heterocycles. The van der Waals surface area contributed by atoms with Crippen LogP contribution >= 0.6 is 0 Å². The Labute approximate surface area is 171 Å². The molecule has 0 spiro atoms. The van der Waals surface area contributed by atoms with Gasteiger partial charge < -0.3 is 5.32 Å². The number of benzene rings is 3. The van der Waals surface area contributed by atoms with Crippen LogP contribution in [0.3, 0.4) is 0 Å². The van der Waals surface area contributed by atoms with Crippen molar-refractivity contribution in [1.82, 2.24) is 0 Å². The Morgan fingerprint density at radius 2 is 1.43 bits per heavy atom. The summed E-state index contributed by atoms with van der Waals surface area (Å²) < 4.78 is 64.8. The zero-order valence-corrected chi connectivity index (χ0v) is 16.5. The molecule has 3 aromatic rings. The molecule has 156 valence electrons. The topological polar surface area (TPSA) is 66.5 Å². The summed E-state index contributed by atoms with van der Waals surface area (Å²) in [5.74, 6) is -0.652. The van der Waals surface area contributed by atoms with E-state index >= 15 is 0 Å². The van der Waals surface area contributed by atoms with Gasteiger partial charge in [0, 0.05) is 12.7 Å². The van der Waals surface area contributed by atoms with Gasteiger partial charge in [-0.05, 0) is 48.5 Å². The van der Waals surface area contributed by atoms with E-state index in [1.54, 1.807) is 30.3 Å². The first-order chi connectivity index (χ1) is 14.1. The van der Waals surface area contributed by atoms with Crippen molar-refractivity contribution in [2.45, 2.75) is 11.1 Å². The molecule has 0 aliphatic heterocycles. The molecule has 0 heterocycles. The average molecular weight is 434 g/mol. The molecule has 5 nitrogen and oxygen atoms in total. The molecule has 0 radical (unpaired) electrons. The summed E-state index contributed by atoms with van der Waals surface area (Å²) >= 11 is 0. The van der Waals surface area contributed by atoms with E-state index in [4.69, 9.17) is 0 Å². The van der Waals surface area contributed by atoms with Crippen molar-refractivity contribution < 1.29 is 26.4 Å². The summed E-state index contributed by atoms with van der Waals surface area (Å²) in [4.78, 5) is 12.8. The highest BCUT2D eigenvalue weighted by molar-refractivity contribution is 7.92. The highest BCUT2D eigenvalue weighted by Crippen LogP contribution is 2.30.